The lowest BCUT2D eigenvalue weighted by Gasteiger charge is -2.33. The fraction of sp³-hybridized carbons (Fsp3) is 0.387. The van der Waals surface area contributed by atoms with Gasteiger partial charge >= 0.3 is 0 Å². The maximum absolute atomic E-state index is 13.3. The van der Waals surface area contributed by atoms with E-state index in [0.29, 0.717) is 34.7 Å². The van der Waals surface area contributed by atoms with Crippen molar-refractivity contribution in [1.82, 2.24) is 30.4 Å². The standard InChI is InChI=1S/C31H34N6O4/c1-19-9-10-21(31(40)34-23-11-12-23)14-27(19)37-17-22(15-33-37)30(39)20-5-4-6-24(13-20)41-18-29(38)32-16-28-35-25-7-2-3-8-26(25)36-28/h2-8,13,15,17,19,21,23,27H,9-12,14,16,18H2,1H3,(H,32,38)(H,34,40)(H,35,36). The second kappa shape index (κ2) is 11.6. The number of H-pyrrole nitrogens is 1. The summed E-state index contributed by atoms with van der Waals surface area (Å²) in [6, 6.07) is 14.9. The number of ether oxygens (including phenoxy) is 1. The van der Waals surface area contributed by atoms with Crippen molar-refractivity contribution in [3.8, 4) is 5.75 Å². The highest BCUT2D eigenvalue weighted by molar-refractivity contribution is 6.08. The van der Waals surface area contributed by atoms with Gasteiger partial charge in [0, 0.05) is 23.7 Å². The summed E-state index contributed by atoms with van der Waals surface area (Å²) in [6.45, 7) is 2.24. The first-order valence-electron chi connectivity index (χ1n) is 14.3. The molecular weight excluding hydrogens is 520 g/mol. The van der Waals surface area contributed by atoms with E-state index in [1.165, 1.54) is 0 Å². The Balaban J connectivity index is 1.04. The molecule has 2 aliphatic rings. The third-order valence-electron chi connectivity index (χ3n) is 8.01. The van der Waals surface area contributed by atoms with Crippen LogP contribution in [0.15, 0.2) is 60.9 Å². The third-order valence-corrected chi connectivity index (χ3v) is 8.01. The molecule has 4 aromatic rings. The van der Waals surface area contributed by atoms with Crippen LogP contribution in [-0.2, 0) is 16.1 Å². The number of hydrogen-bond acceptors (Lipinski definition) is 6. The lowest BCUT2D eigenvalue weighted by atomic mass is 9.78. The minimum atomic E-state index is -0.297. The number of imidazole rings is 1. The zero-order valence-corrected chi connectivity index (χ0v) is 23.0. The highest BCUT2D eigenvalue weighted by atomic mass is 16.5. The van der Waals surface area contributed by atoms with Crippen LogP contribution in [0, 0.1) is 11.8 Å². The minimum absolute atomic E-state index is 0.0232. The topological polar surface area (TPSA) is 131 Å². The van der Waals surface area contributed by atoms with Gasteiger partial charge in [0.2, 0.25) is 5.91 Å². The molecule has 3 unspecified atom stereocenters. The lowest BCUT2D eigenvalue weighted by Crippen LogP contribution is -2.37. The first-order valence-corrected chi connectivity index (χ1v) is 14.3. The number of carbonyl (C=O) groups is 3. The number of nitrogens with zero attached hydrogens (tertiary/aromatic N) is 3. The number of benzene rings is 2. The van der Waals surface area contributed by atoms with Gasteiger partial charge in [-0.15, -0.1) is 0 Å². The van der Waals surface area contributed by atoms with Crippen molar-refractivity contribution in [3.05, 3.63) is 77.9 Å². The number of hydrogen-bond donors (Lipinski definition) is 3. The predicted molar refractivity (Wildman–Crippen MR) is 152 cm³/mol. The molecule has 2 saturated carbocycles. The molecule has 0 spiro atoms. The van der Waals surface area contributed by atoms with Crippen molar-refractivity contribution in [2.45, 2.75) is 57.7 Å². The number of aromatic nitrogens is 4. The van der Waals surface area contributed by atoms with Crippen molar-refractivity contribution in [2.24, 2.45) is 11.8 Å². The Hall–Kier alpha value is -4.47. The predicted octanol–water partition coefficient (Wildman–Crippen LogP) is 3.94. The van der Waals surface area contributed by atoms with Crippen LogP contribution in [0.4, 0.5) is 0 Å². The minimum Gasteiger partial charge on any atom is -0.484 e. The summed E-state index contributed by atoms with van der Waals surface area (Å²) in [5, 5.41) is 10.4. The second-order valence-electron chi connectivity index (χ2n) is 11.2. The van der Waals surface area contributed by atoms with Crippen LogP contribution in [0.1, 0.15) is 66.8 Å². The van der Waals surface area contributed by atoms with Gasteiger partial charge in [-0.1, -0.05) is 31.2 Å². The Bertz CT molecular complexity index is 1540. The van der Waals surface area contributed by atoms with Crippen LogP contribution in [0.2, 0.25) is 0 Å². The number of carbonyl (C=O) groups excluding carboxylic acids is 3. The number of ketones is 1. The molecule has 3 N–H and O–H groups in total. The molecule has 41 heavy (non-hydrogen) atoms. The summed E-state index contributed by atoms with van der Waals surface area (Å²) in [5.41, 5.74) is 2.67. The molecule has 2 fully saturated rings. The number of nitrogens with one attached hydrogen (secondary N) is 3. The Morgan fingerprint density at radius 2 is 1.90 bits per heavy atom. The van der Waals surface area contributed by atoms with E-state index in [9.17, 15) is 14.4 Å². The van der Waals surface area contributed by atoms with E-state index in [0.717, 1.165) is 43.1 Å². The molecule has 2 aromatic carbocycles. The van der Waals surface area contributed by atoms with Crippen molar-refractivity contribution >= 4 is 28.6 Å². The Morgan fingerprint density at radius 3 is 2.73 bits per heavy atom. The van der Waals surface area contributed by atoms with Crippen molar-refractivity contribution < 1.29 is 19.1 Å². The lowest BCUT2D eigenvalue weighted by molar-refractivity contribution is -0.127. The van der Waals surface area contributed by atoms with Crippen LogP contribution in [0.25, 0.3) is 11.0 Å². The number of amides is 2. The first kappa shape index (κ1) is 26.7. The van der Waals surface area contributed by atoms with E-state index in [4.69, 9.17) is 4.74 Å². The number of rotatable bonds is 10. The van der Waals surface area contributed by atoms with E-state index in [2.05, 4.69) is 32.6 Å². The van der Waals surface area contributed by atoms with Crippen molar-refractivity contribution in [1.29, 1.82) is 0 Å². The van der Waals surface area contributed by atoms with Gasteiger partial charge in [0.05, 0.1) is 35.4 Å². The van der Waals surface area contributed by atoms with E-state index >= 15 is 0 Å². The van der Waals surface area contributed by atoms with E-state index in [1.807, 2.05) is 28.9 Å². The second-order valence-corrected chi connectivity index (χ2v) is 11.2. The maximum Gasteiger partial charge on any atom is 0.258 e. The maximum atomic E-state index is 13.3. The van der Waals surface area contributed by atoms with Gasteiger partial charge in [0.15, 0.2) is 12.4 Å². The van der Waals surface area contributed by atoms with E-state index < -0.39 is 0 Å². The van der Waals surface area contributed by atoms with E-state index in [1.54, 1.807) is 36.7 Å². The third kappa shape index (κ3) is 6.32. The summed E-state index contributed by atoms with van der Waals surface area (Å²) < 4.78 is 7.52. The molecule has 2 aliphatic carbocycles. The summed E-state index contributed by atoms with van der Waals surface area (Å²) in [7, 11) is 0. The van der Waals surface area contributed by atoms with Crippen LogP contribution >= 0.6 is 0 Å². The molecular formula is C31H34N6O4. The molecule has 3 atom stereocenters. The molecule has 0 aliphatic heterocycles. The highest BCUT2D eigenvalue weighted by Gasteiger charge is 2.35. The molecule has 0 bridgehead atoms. The van der Waals surface area contributed by atoms with Gasteiger partial charge in [0.1, 0.15) is 11.6 Å². The van der Waals surface area contributed by atoms with Gasteiger partial charge in [-0.3, -0.25) is 19.1 Å². The van der Waals surface area contributed by atoms with Crippen LogP contribution in [-0.4, -0.2) is 50.0 Å². The van der Waals surface area contributed by atoms with Gasteiger partial charge in [-0.05, 0) is 62.3 Å². The average molecular weight is 555 g/mol. The quantitative estimate of drug-likeness (QED) is 0.255. The smallest absolute Gasteiger partial charge is 0.258 e. The molecule has 0 saturated heterocycles. The summed E-state index contributed by atoms with van der Waals surface area (Å²) in [4.78, 5) is 45.9. The number of fused-ring (bicyclic) bond motifs is 1. The molecule has 10 nitrogen and oxygen atoms in total. The summed E-state index contributed by atoms with van der Waals surface area (Å²) in [6.07, 6.45) is 8.07. The van der Waals surface area contributed by atoms with Crippen molar-refractivity contribution in [2.75, 3.05) is 6.61 Å². The molecule has 2 aromatic heterocycles. The highest BCUT2D eigenvalue weighted by Crippen LogP contribution is 2.37. The first-order chi connectivity index (χ1) is 19.9. The zero-order valence-electron chi connectivity index (χ0n) is 23.0. The number of aromatic amines is 1. The molecule has 2 amide bonds. The van der Waals surface area contributed by atoms with Gasteiger partial charge in [0.25, 0.3) is 5.91 Å². The monoisotopic (exact) mass is 554 g/mol. The fourth-order valence-electron chi connectivity index (χ4n) is 5.45. The Morgan fingerprint density at radius 1 is 1.05 bits per heavy atom. The van der Waals surface area contributed by atoms with Gasteiger partial charge < -0.3 is 20.4 Å². The SMILES string of the molecule is CC1CCC(C(=O)NC2CC2)CC1n1cc(C(=O)c2cccc(OCC(=O)NCc3nc4ccccc4[nH]3)c2)cn1. The number of para-hydroxylation sites is 2. The van der Waals surface area contributed by atoms with E-state index in [-0.39, 0.29) is 42.7 Å². The molecule has 2 heterocycles. The van der Waals surface area contributed by atoms with Crippen LogP contribution in [0.5, 0.6) is 5.75 Å². The molecule has 10 heteroatoms. The molecule has 0 radical (unpaired) electrons. The molecule has 212 valence electrons. The van der Waals surface area contributed by atoms with Crippen LogP contribution < -0.4 is 15.4 Å². The molecule has 6 rings (SSSR count). The Kier molecular flexibility index (Phi) is 7.54. The summed E-state index contributed by atoms with van der Waals surface area (Å²) in [5.74, 6) is 1.09. The van der Waals surface area contributed by atoms with Gasteiger partial charge in [-0.25, -0.2) is 4.98 Å². The zero-order chi connectivity index (χ0) is 28.3. The van der Waals surface area contributed by atoms with Crippen LogP contribution in [0.3, 0.4) is 0 Å². The largest absolute Gasteiger partial charge is 0.484 e. The summed E-state index contributed by atoms with van der Waals surface area (Å²) >= 11 is 0. The normalized spacial score (nSPS) is 20.5. The van der Waals surface area contributed by atoms with Crippen molar-refractivity contribution in [3.63, 3.8) is 0 Å². The Labute approximate surface area is 237 Å². The average Bonchev–Trinajstić information content (AvgIpc) is 3.49. The fourth-order valence-corrected chi connectivity index (χ4v) is 5.45. The van der Waals surface area contributed by atoms with Gasteiger partial charge in [-0.2, -0.15) is 5.10 Å².